The van der Waals surface area contributed by atoms with E-state index in [2.05, 4.69) is 10.00 Å². The van der Waals surface area contributed by atoms with Gasteiger partial charge in [-0.1, -0.05) is 53.3 Å². The van der Waals surface area contributed by atoms with E-state index in [0.29, 0.717) is 24.6 Å². The lowest BCUT2D eigenvalue weighted by Gasteiger charge is -2.34. The summed E-state index contributed by atoms with van der Waals surface area (Å²) in [6.07, 6.45) is 0. The molecule has 1 aliphatic heterocycles. The first kappa shape index (κ1) is 21.5. The summed E-state index contributed by atoms with van der Waals surface area (Å²) in [6, 6.07) is 17.3. The Labute approximate surface area is 195 Å². The lowest BCUT2D eigenvalue weighted by molar-refractivity contribution is 0.0627. The van der Waals surface area contributed by atoms with Crippen molar-refractivity contribution in [3.63, 3.8) is 0 Å². The molecule has 2 aromatic carbocycles. The van der Waals surface area contributed by atoms with E-state index >= 15 is 0 Å². The van der Waals surface area contributed by atoms with Crippen molar-refractivity contribution in [2.45, 2.75) is 20.4 Å². The predicted octanol–water partition coefficient (Wildman–Crippen LogP) is 3.39. The summed E-state index contributed by atoms with van der Waals surface area (Å²) in [5.74, 6) is 0.0702. The summed E-state index contributed by atoms with van der Waals surface area (Å²) in [7, 11) is 0. The Hall–Kier alpha value is -3.36. The molecular formula is C25H25N5O2S. The molecule has 1 fully saturated rings. The maximum atomic E-state index is 12.8. The van der Waals surface area contributed by atoms with Crippen LogP contribution >= 0.6 is 11.3 Å². The van der Waals surface area contributed by atoms with Crippen LogP contribution in [0.4, 0.5) is 0 Å². The molecule has 0 atom stereocenters. The van der Waals surface area contributed by atoms with Crippen LogP contribution in [0.2, 0.25) is 0 Å². The van der Waals surface area contributed by atoms with Gasteiger partial charge in [0.15, 0.2) is 0 Å². The molecule has 1 aliphatic rings. The number of benzene rings is 2. The Morgan fingerprint density at radius 3 is 2.45 bits per heavy atom. The predicted molar refractivity (Wildman–Crippen MR) is 130 cm³/mol. The van der Waals surface area contributed by atoms with Gasteiger partial charge in [-0.3, -0.25) is 14.5 Å². The summed E-state index contributed by atoms with van der Waals surface area (Å²) >= 11 is 1.43. The highest BCUT2D eigenvalue weighted by molar-refractivity contribution is 7.19. The summed E-state index contributed by atoms with van der Waals surface area (Å²) < 4.78 is 1.38. The van der Waals surface area contributed by atoms with Gasteiger partial charge in [0.1, 0.15) is 5.01 Å². The van der Waals surface area contributed by atoms with E-state index in [1.807, 2.05) is 67.3 Å². The Kier molecular flexibility index (Phi) is 5.78. The largest absolute Gasteiger partial charge is 0.336 e. The lowest BCUT2D eigenvalue weighted by atomic mass is 10.1. The standard InChI is InChI=1S/C25H25N5O2S/c1-17-7-9-19(10-8-17)24(32)29-13-11-28(12-14-29)16-20-15-22(31)30-25(26-20)33-23(27-30)21-6-4-3-5-18(21)2/h3-10,15H,11-14,16H2,1-2H3. The van der Waals surface area contributed by atoms with Crippen molar-refractivity contribution < 1.29 is 4.79 Å². The minimum absolute atomic E-state index is 0.0702. The molecule has 3 heterocycles. The van der Waals surface area contributed by atoms with Crippen molar-refractivity contribution in [1.29, 1.82) is 0 Å². The molecule has 1 saturated heterocycles. The average molecular weight is 460 g/mol. The zero-order chi connectivity index (χ0) is 22.9. The highest BCUT2D eigenvalue weighted by Gasteiger charge is 2.23. The molecule has 1 amide bonds. The summed E-state index contributed by atoms with van der Waals surface area (Å²) in [4.78, 5) is 34.9. The summed E-state index contributed by atoms with van der Waals surface area (Å²) in [5.41, 5.74) is 4.57. The van der Waals surface area contributed by atoms with Gasteiger partial charge in [-0.05, 0) is 31.5 Å². The van der Waals surface area contributed by atoms with Crippen LogP contribution in [0.15, 0.2) is 59.4 Å². The van der Waals surface area contributed by atoms with Crippen LogP contribution in [-0.2, 0) is 6.54 Å². The molecule has 33 heavy (non-hydrogen) atoms. The monoisotopic (exact) mass is 459 g/mol. The van der Waals surface area contributed by atoms with Crippen LogP contribution < -0.4 is 5.56 Å². The first-order valence-corrected chi connectivity index (χ1v) is 11.8. The third-order valence-electron chi connectivity index (χ3n) is 6.02. The first-order valence-electron chi connectivity index (χ1n) is 11.0. The summed E-state index contributed by atoms with van der Waals surface area (Å²) in [5, 5.41) is 5.29. The van der Waals surface area contributed by atoms with E-state index in [1.54, 1.807) is 6.07 Å². The van der Waals surface area contributed by atoms with Gasteiger partial charge >= 0.3 is 0 Å². The number of piperazine rings is 1. The fourth-order valence-corrected chi connectivity index (χ4v) is 5.09. The van der Waals surface area contributed by atoms with Crippen molar-refractivity contribution >= 4 is 22.2 Å². The molecule has 2 aromatic heterocycles. The fourth-order valence-electron chi connectivity index (χ4n) is 4.08. The fraction of sp³-hybridized carbons (Fsp3) is 0.280. The van der Waals surface area contributed by atoms with Crippen molar-refractivity contribution in [1.82, 2.24) is 24.4 Å². The van der Waals surface area contributed by atoms with E-state index in [9.17, 15) is 9.59 Å². The Bertz CT molecular complexity index is 1370. The number of amides is 1. The van der Waals surface area contributed by atoms with Gasteiger partial charge in [0.25, 0.3) is 11.5 Å². The minimum atomic E-state index is -0.167. The van der Waals surface area contributed by atoms with Crippen LogP contribution in [-0.4, -0.2) is 56.5 Å². The average Bonchev–Trinajstić information content (AvgIpc) is 3.24. The second-order valence-corrected chi connectivity index (χ2v) is 9.39. The second-order valence-electron chi connectivity index (χ2n) is 8.44. The van der Waals surface area contributed by atoms with Crippen LogP contribution in [0.5, 0.6) is 0 Å². The smallest absolute Gasteiger partial charge is 0.275 e. The lowest BCUT2D eigenvalue weighted by Crippen LogP contribution is -2.48. The number of hydrogen-bond acceptors (Lipinski definition) is 6. The van der Waals surface area contributed by atoms with Crippen LogP contribution in [0.1, 0.15) is 27.2 Å². The Morgan fingerprint density at radius 1 is 1.00 bits per heavy atom. The van der Waals surface area contributed by atoms with Crippen LogP contribution in [0.3, 0.4) is 0 Å². The number of aromatic nitrogens is 3. The quantitative estimate of drug-likeness (QED) is 0.468. The van der Waals surface area contributed by atoms with Gasteiger partial charge in [-0.2, -0.15) is 9.61 Å². The van der Waals surface area contributed by atoms with Gasteiger partial charge < -0.3 is 4.90 Å². The maximum Gasteiger partial charge on any atom is 0.275 e. The Balaban J connectivity index is 1.28. The molecule has 7 nitrogen and oxygen atoms in total. The molecular weight excluding hydrogens is 434 g/mol. The van der Waals surface area contributed by atoms with Gasteiger partial charge in [-0.25, -0.2) is 4.98 Å². The molecule has 4 aromatic rings. The number of fused-ring (bicyclic) bond motifs is 1. The number of carbonyl (C=O) groups is 1. The van der Waals surface area contributed by atoms with E-state index in [-0.39, 0.29) is 11.5 Å². The topological polar surface area (TPSA) is 70.8 Å². The molecule has 0 spiro atoms. The first-order chi connectivity index (χ1) is 16.0. The third-order valence-corrected chi connectivity index (χ3v) is 6.96. The van der Waals surface area contributed by atoms with Gasteiger partial charge in [-0.15, -0.1) is 0 Å². The Morgan fingerprint density at radius 2 is 1.73 bits per heavy atom. The third kappa shape index (κ3) is 4.44. The van der Waals surface area contributed by atoms with Crippen molar-refractivity contribution in [2.24, 2.45) is 0 Å². The van der Waals surface area contributed by atoms with E-state index in [4.69, 9.17) is 4.98 Å². The molecule has 0 radical (unpaired) electrons. The number of rotatable bonds is 4. The van der Waals surface area contributed by atoms with Crippen LogP contribution in [0.25, 0.3) is 15.5 Å². The van der Waals surface area contributed by atoms with Gasteiger partial charge in [0.2, 0.25) is 4.96 Å². The number of hydrogen-bond donors (Lipinski definition) is 0. The molecule has 5 rings (SSSR count). The van der Waals surface area contributed by atoms with Crippen molar-refractivity contribution in [3.05, 3.63) is 87.3 Å². The van der Waals surface area contributed by atoms with Crippen molar-refractivity contribution in [2.75, 3.05) is 26.2 Å². The maximum absolute atomic E-state index is 12.8. The van der Waals surface area contributed by atoms with Crippen molar-refractivity contribution in [3.8, 4) is 10.6 Å². The molecule has 8 heteroatoms. The van der Waals surface area contributed by atoms with Gasteiger partial charge in [0, 0.05) is 49.9 Å². The van der Waals surface area contributed by atoms with E-state index in [1.165, 1.54) is 15.9 Å². The van der Waals surface area contributed by atoms with Gasteiger partial charge in [0.05, 0.1) is 5.69 Å². The molecule has 168 valence electrons. The zero-order valence-corrected chi connectivity index (χ0v) is 19.5. The second kappa shape index (κ2) is 8.88. The van der Waals surface area contributed by atoms with E-state index < -0.39 is 0 Å². The minimum Gasteiger partial charge on any atom is -0.336 e. The number of carbonyl (C=O) groups excluding carboxylic acids is 1. The molecule has 0 aliphatic carbocycles. The van der Waals surface area contributed by atoms with E-state index in [0.717, 1.165) is 46.0 Å². The molecule has 0 unspecified atom stereocenters. The molecule has 0 N–H and O–H groups in total. The number of aryl methyl sites for hydroxylation is 2. The normalized spacial score (nSPS) is 14.7. The molecule has 0 saturated carbocycles. The highest BCUT2D eigenvalue weighted by atomic mass is 32.1. The molecule has 0 bridgehead atoms. The zero-order valence-electron chi connectivity index (χ0n) is 18.7. The SMILES string of the molecule is Cc1ccc(C(=O)N2CCN(Cc3cc(=O)n4nc(-c5ccccc5C)sc4n3)CC2)cc1. The van der Waals surface area contributed by atoms with Crippen LogP contribution in [0, 0.1) is 13.8 Å². The summed E-state index contributed by atoms with van der Waals surface area (Å²) in [6.45, 7) is 7.44. The highest BCUT2D eigenvalue weighted by Crippen LogP contribution is 2.27. The number of nitrogens with zero attached hydrogens (tertiary/aromatic N) is 5.